The number of aliphatic hydroxyl groups is 1. The lowest BCUT2D eigenvalue weighted by molar-refractivity contribution is -0.174. The number of benzene rings is 2. The summed E-state index contributed by atoms with van der Waals surface area (Å²) >= 11 is 0. The van der Waals surface area contributed by atoms with E-state index in [9.17, 15) is 23.9 Å². The predicted octanol–water partition coefficient (Wildman–Crippen LogP) is 3.04. The van der Waals surface area contributed by atoms with Gasteiger partial charge in [-0.15, -0.1) is 0 Å². The molecule has 0 aromatic heterocycles. The van der Waals surface area contributed by atoms with Crippen LogP contribution in [-0.4, -0.2) is 69.1 Å². The molecule has 4 atom stereocenters. The number of carbonyl (C=O) groups is 3. The summed E-state index contributed by atoms with van der Waals surface area (Å²) in [5.41, 5.74) is -1.63. The van der Waals surface area contributed by atoms with E-state index in [1.54, 1.807) is 30.3 Å². The Labute approximate surface area is 214 Å². The first-order valence-electron chi connectivity index (χ1n) is 11.8. The van der Waals surface area contributed by atoms with Crippen LogP contribution >= 0.6 is 0 Å². The Morgan fingerprint density at radius 3 is 2.22 bits per heavy atom. The zero-order valence-electron chi connectivity index (χ0n) is 21.0. The molecule has 0 radical (unpaired) electrons. The molecule has 10 heteroatoms. The van der Waals surface area contributed by atoms with Gasteiger partial charge in [0, 0.05) is 26.6 Å². The third kappa shape index (κ3) is 6.91. The maximum atomic E-state index is 14.7. The van der Waals surface area contributed by atoms with Crippen molar-refractivity contribution in [3.05, 3.63) is 59.9 Å². The molecule has 9 nitrogen and oxygen atoms in total. The first-order valence-corrected chi connectivity index (χ1v) is 11.8. The number of rotatable bonds is 11. The smallest absolute Gasteiger partial charge is 0.317 e. The van der Waals surface area contributed by atoms with Gasteiger partial charge in [-0.05, 0) is 36.8 Å². The Morgan fingerprint density at radius 1 is 0.973 bits per heavy atom. The Morgan fingerprint density at radius 2 is 1.59 bits per heavy atom. The van der Waals surface area contributed by atoms with Crippen LogP contribution in [0.5, 0.6) is 11.5 Å². The third-order valence-corrected chi connectivity index (χ3v) is 6.15. The van der Waals surface area contributed by atoms with Crippen LogP contribution in [-0.2, 0) is 33.3 Å². The Hall–Kier alpha value is -3.34. The van der Waals surface area contributed by atoms with Crippen LogP contribution in [0.3, 0.4) is 0 Å². The highest BCUT2D eigenvalue weighted by Crippen LogP contribution is 2.47. The summed E-state index contributed by atoms with van der Waals surface area (Å²) in [6.45, 7) is 1.33. The lowest BCUT2D eigenvalue weighted by Gasteiger charge is -2.43. The van der Waals surface area contributed by atoms with E-state index in [1.165, 1.54) is 33.3 Å². The highest BCUT2D eigenvalue weighted by molar-refractivity contribution is 6.02. The standard InChI is InChI=1S/C27H31FO9/c1-27(32)16-20(29)23(25(30)35-13-11-33-2)22(24(27)26(31)36-14-12-34-3)17-9-10-19(28)21(15-17)37-18-7-5-4-6-8-18/h4-10,15,22-24,32H,11-14,16H2,1-3H3. The summed E-state index contributed by atoms with van der Waals surface area (Å²) in [7, 11) is 2.86. The van der Waals surface area contributed by atoms with E-state index in [4.69, 9.17) is 23.7 Å². The van der Waals surface area contributed by atoms with E-state index < -0.39 is 53.3 Å². The number of para-hydroxylation sites is 1. The van der Waals surface area contributed by atoms with Gasteiger partial charge in [0.15, 0.2) is 17.3 Å². The molecule has 0 amide bonds. The zero-order valence-corrected chi connectivity index (χ0v) is 21.0. The molecule has 1 saturated carbocycles. The van der Waals surface area contributed by atoms with Gasteiger partial charge in [-0.25, -0.2) is 4.39 Å². The number of halogens is 1. The Balaban J connectivity index is 2.07. The summed E-state index contributed by atoms with van der Waals surface area (Å²) in [5.74, 6) is -6.87. The lowest BCUT2D eigenvalue weighted by Crippen LogP contribution is -2.55. The average Bonchev–Trinajstić information content (AvgIpc) is 2.85. The zero-order chi connectivity index (χ0) is 27.0. The molecular weight excluding hydrogens is 487 g/mol. The molecule has 0 aliphatic heterocycles. The Bertz CT molecular complexity index is 1090. The van der Waals surface area contributed by atoms with Crippen molar-refractivity contribution in [2.45, 2.75) is 24.9 Å². The van der Waals surface area contributed by atoms with Gasteiger partial charge in [0.2, 0.25) is 0 Å². The van der Waals surface area contributed by atoms with Crippen LogP contribution in [0.1, 0.15) is 24.8 Å². The highest BCUT2D eigenvalue weighted by Gasteiger charge is 2.57. The molecule has 0 bridgehead atoms. The summed E-state index contributed by atoms with van der Waals surface area (Å²) in [4.78, 5) is 39.5. The van der Waals surface area contributed by atoms with Crippen molar-refractivity contribution in [2.75, 3.05) is 40.6 Å². The molecule has 2 aromatic rings. The second-order valence-electron chi connectivity index (χ2n) is 8.91. The summed E-state index contributed by atoms with van der Waals surface area (Å²) in [6, 6.07) is 12.2. The first kappa shape index (κ1) is 28.2. The molecule has 0 saturated heterocycles. The number of carbonyl (C=O) groups excluding carboxylic acids is 3. The molecule has 1 fully saturated rings. The van der Waals surface area contributed by atoms with E-state index in [2.05, 4.69) is 0 Å². The van der Waals surface area contributed by atoms with Gasteiger partial charge in [0.05, 0.1) is 24.7 Å². The number of hydrogen-bond acceptors (Lipinski definition) is 9. The van der Waals surface area contributed by atoms with Crippen molar-refractivity contribution in [2.24, 2.45) is 11.8 Å². The number of Topliss-reactive ketones (excluding diaryl/α,β-unsaturated/α-hetero) is 1. The van der Waals surface area contributed by atoms with Gasteiger partial charge in [0.25, 0.3) is 0 Å². The van der Waals surface area contributed by atoms with Crippen LogP contribution in [0.4, 0.5) is 4.39 Å². The fourth-order valence-corrected chi connectivity index (χ4v) is 4.47. The van der Waals surface area contributed by atoms with Gasteiger partial charge in [-0.1, -0.05) is 24.3 Å². The second-order valence-corrected chi connectivity index (χ2v) is 8.91. The minimum Gasteiger partial charge on any atom is -0.463 e. The van der Waals surface area contributed by atoms with Gasteiger partial charge in [-0.3, -0.25) is 14.4 Å². The highest BCUT2D eigenvalue weighted by atomic mass is 19.1. The number of hydrogen-bond donors (Lipinski definition) is 1. The molecule has 37 heavy (non-hydrogen) atoms. The quantitative estimate of drug-likeness (QED) is 0.272. The van der Waals surface area contributed by atoms with E-state index in [0.717, 1.165) is 6.07 Å². The van der Waals surface area contributed by atoms with Crippen LogP contribution in [0, 0.1) is 17.7 Å². The van der Waals surface area contributed by atoms with Crippen LogP contribution in [0.2, 0.25) is 0 Å². The minimum atomic E-state index is -1.86. The van der Waals surface area contributed by atoms with Crippen molar-refractivity contribution in [3.8, 4) is 11.5 Å². The number of ketones is 1. The van der Waals surface area contributed by atoms with Crippen LogP contribution in [0.15, 0.2) is 48.5 Å². The van der Waals surface area contributed by atoms with Crippen LogP contribution in [0.25, 0.3) is 0 Å². The number of methoxy groups -OCH3 is 2. The molecule has 1 N–H and O–H groups in total. The first-order chi connectivity index (χ1) is 17.7. The Kier molecular flexibility index (Phi) is 9.73. The van der Waals surface area contributed by atoms with E-state index in [0.29, 0.717) is 5.75 Å². The molecular formula is C27H31FO9. The molecule has 4 unspecified atom stereocenters. The average molecular weight is 519 g/mol. The molecule has 1 aliphatic carbocycles. The normalized spacial score (nSPS) is 23.4. The lowest BCUT2D eigenvalue weighted by atomic mass is 9.61. The molecule has 1 aliphatic rings. The predicted molar refractivity (Wildman–Crippen MR) is 129 cm³/mol. The van der Waals surface area contributed by atoms with E-state index in [-0.39, 0.29) is 37.7 Å². The van der Waals surface area contributed by atoms with Gasteiger partial charge >= 0.3 is 11.9 Å². The van der Waals surface area contributed by atoms with Gasteiger partial charge < -0.3 is 28.8 Å². The van der Waals surface area contributed by atoms with Crippen LogP contribution < -0.4 is 4.74 Å². The second kappa shape index (κ2) is 12.8. The molecule has 200 valence electrons. The van der Waals surface area contributed by atoms with Crippen molar-refractivity contribution >= 4 is 17.7 Å². The fourth-order valence-electron chi connectivity index (χ4n) is 4.47. The topological polar surface area (TPSA) is 118 Å². The summed E-state index contributed by atoms with van der Waals surface area (Å²) in [5, 5.41) is 11.2. The maximum absolute atomic E-state index is 14.7. The summed E-state index contributed by atoms with van der Waals surface area (Å²) < 4.78 is 40.8. The van der Waals surface area contributed by atoms with Crippen molar-refractivity contribution in [1.29, 1.82) is 0 Å². The van der Waals surface area contributed by atoms with Crippen molar-refractivity contribution in [1.82, 2.24) is 0 Å². The van der Waals surface area contributed by atoms with Gasteiger partial charge in [0.1, 0.15) is 24.9 Å². The van der Waals surface area contributed by atoms with Gasteiger partial charge in [-0.2, -0.15) is 0 Å². The maximum Gasteiger partial charge on any atom is 0.317 e. The number of esters is 2. The van der Waals surface area contributed by atoms with E-state index >= 15 is 0 Å². The van der Waals surface area contributed by atoms with E-state index in [1.807, 2.05) is 0 Å². The number of ether oxygens (including phenoxy) is 5. The molecule has 0 heterocycles. The molecule has 0 spiro atoms. The van der Waals surface area contributed by atoms with Crippen molar-refractivity contribution < 1.29 is 47.6 Å². The molecule has 2 aromatic carbocycles. The minimum absolute atomic E-state index is 0.0999. The van der Waals surface area contributed by atoms with Crippen molar-refractivity contribution in [3.63, 3.8) is 0 Å². The largest absolute Gasteiger partial charge is 0.463 e. The monoisotopic (exact) mass is 518 g/mol. The summed E-state index contributed by atoms with van der Waals surface area (Å²) in [6.07, 6.45) is -0.480. The fraction of sp³-hybridized carbons (Fsp3) is 0.444. The molecule has 3 rings (SSSR count). The SMILES string of the molecule is COCCOC(=O)C1C(=O)CC(C)(O)C(C(=O)OCCOC)C1c1ccc(F)c(Oc2ccccc2)c1. The third-order valence-electron chi connectivity index (χ3n) is 6.15.